The third kappa shape index (κ3) is 2.52. The van der Waals surface area contributed by atoms with Gasteiger partial charge in [0.15, 0.2) is 0 Å². The van der Waals surface area contributed by atoms with Crippen molar-refractivity contribution in [3.05, 3.63) is 16.3 Å². The molecule has 0 amide bonds. The number of aromatic nitrogens is 3. The maximum absolute atomic E-state index is 10.5. The van der Waals surface area contributed by atoms with Crippen molar-refractivity contribution in [1.29, 1.82) is 0 Å². The molecule has 1 heterocycles. The largest absolute Gasteiger partial charge is 0.388 e. The lowest BCUT2D eigenvalue weighted by Crippen LogP contribution is -2.17. The third-order valence-corrected chi connectivity index (χ3v) is 0.867. The van der Waals surface area contributed by atoms with Crippen LogP contribution < -0.4 is 11.4 Å². The van der Waals surface area contributed by atoms with E-state index in [1.807, 2.05) is 0 Å². The fraction of sp³-hybridized carbons (Fsp3) is 0.250. The van der Waals surface area contributed by atoms with Crippen LogP contribution in [0.25, 0.3) is 0 Å². The molecule has 11 heavy (non-hydrogen) atoms. The number of aliphatic hydroxyl groups excluding tert-OH is 1. The van der Waals surface area contributed by atoms with Crippen LogP contribution in [0.15, 0.2) is 4.79 Å². The highest BCUT2D eigenvalue weighted by Crippen LogP contribution is 1.85. The first-order valence-electron chi connectivity index (χ1n) is 2.56. The summed E-state index contributed by atoms with van der Waals surface area (Å²) in [6, 6.07) is 0. The van der Waals surface area contributed by atoms with Gasteiger partial charge in [-0.25, -0.2) is 4.79 Å². The lowest BCUT2D eigenvalue weighted by Gasteiger charge is -1.93. The SMILES string of the molecule is Cl.Nc1nc(CO)[nH]c(=O)n1. The molecule has 0 saturated heterocycles. The normalized spacial score (nSPS) is 8.82. The van der Waals surface area contributed by atoms with Crippen molar-refractivity contribution < 1.29 is 5.11 Å². The zero-order valence-electron chi connectivity index (χ0n) is 5.44. The molecular formula is C4H7ClN4O2. The van der Waals surface area contributed by atoms with Gasteiger partial charge < -0.3 is 10.8 Å². The molecule has 0 radical (unpaired) electrons. The standard InChI is InChI=1S/C4H6N4O2.ClH/c5-3-6-2(1-9)7-4(10)8-3;/h9H,1H2,(H3,5,6,7,8,10);1H. The molecule has 62 valence electrons. The van der Waals surface area contributed by atoms with Gasteiger partial charge in [-0.1, -0.05) is 0 Å². The number of rotatable bonds is 1. The molecule has 1 rings (SSSR count). The molecule has 7 heteroatoms. The Morgan fingerprint density at radius 2 is 2.18 bits per heavy atom. The van der Waals surface area contributed by atoms with Crippen LogP contribution in [0.3, 0.4) is 0 Å². The fourth-order valence-corrected chi connectivity index (χ4v) is 0.522. The van der Waals surface area contributed by atoms with E-state index in [4.69, 9.17) is 10.8 Å². The number of nitrogen functional groups attached to an aromatic ring is 1. The van der Waals surface area contributed by atoms with E-state index < -0.39 is 5.69 Å². The van der Waals surface area contributed by atoms with Gasteiger partial charge in [0, 0.05) is 0 Å². The highest BCUT2D eigenvalue weighted by atomic mass is 35.5. The summed E-state index contributed by atoms with van der Waals surface area (Å²) in [6.45, 7) is -0.345. The molecule has 0 aliphatic carbocycles. The number of nitrogens with two attached hydrogens (primary N) is 1. The second-order valence-electron chi connectivity index (χ2n) is 1.62. The molecule has 6 nitrogen and oxygen atoms in total. The zero-order chi connectivity index (χ0) is 7.56. The Bertz CT molecular complexity index is 286. The minimum atomic E-state index is -0.600. The first kappa shape index (κ1) is 9.86. The molecule has 1 aromatic rings. The average molecular weight is 179 g/mol. The molecular weight excluding hydrogens is 172 g/mol. The number of H-pyrrole nitrogens is 1. The monoisotopic (exact) mass is 178 g/mol. The van der Waals surface area contributed by atoms with Crippen molar-refractivity contribution >= 4 is 18.4 Å². The fourth-order valence-electron chi connectivity index (χ4n) is 0.522. The van der Waals surface area contributed by atoms with Crippen LogP contribution in [0.5, 0.6) is 0 Å². The highest BCUT2D eigenvalue weighted by molar-refractivity contribution is 5.85. The highest BCUT2D eigenvalue weighted by Gasteiger charge is 1.95. The lowest BCUT2D eigenvalue weighted by atomic mass is 10.6. The smallest absolute Gasteiger partial charge is 0.349 e. The van der Waals surface area contributed by atoms with E-state index in [2.05, 4.69) is 15.0 Å². The molecule has 0 spiro atoms. The summed E-state index contributed by atoms with van der Waals surface area (Å²) in [6.07, 6.45) is 0. The van der Waals surface area contributed by atoms with Crippen LogP contribution >= 0.6 is 12.4 Å². The van der Waals surface area contributed by atoms with Crippen molar-refractivity contribution in [2.45, 2.75) is 6.61 Å². The number of aliphatic hydroxyl groups is 1. The number of halogens is 1. The summed E-state index contributed by atoms with van der Waals surface area (Å²) in [5, 5.41) is 8.47. The van der Waals surface area contributed by atoms with Gasteiger partial charge in [0.2, 0.25) is 5.95 Å². The van der Waals surface area contributed by atoms with Gasteiger partial charge in [-0.05, 0) is 0 Å². The van der Waals surface area contributed by atoms with Crippen LogP contribution in [-0.2, 0) is 6.61 Å². The van der Waals surface area contributed by atoms with E-state index in [0.29, 0.717) is 0 Å². The van der Waals surface area contributed by atoms with Crippen molar-refractivity contribution in [1.82, 2.24) is 15.0 Å². The van der Waals surface area contributed by atoms with Crippen molar-refractivity contribution in [2.24, 2.45) is 0 Å². The van der Waals surface area contributed by atoms with Gasteiger partial charge in [-0.15, -0.1) is 12.4 Å². The summed E-state index contributed by atoms with van der Waals surface area (Å²) in [5.41, 5.74) is 4.48. The second-order valence-corrected chi connectivity index (χ2v) is 1.62. The van der Waals surface area contributed by atoms with E-state index in [1.54, 1.807) is 0 Å². The zero-order valence-corrected chi connectivity index (χ0v) is 6.26. The summed E-state index contributed by atoms with van der Waals surface area (Å²) in [5.74, 6) is -0.00898. The quantitative estimate of drug-likeness (QED) is 0.494. The molecule has 0 aliphatic rings. The summed E-state index contributed by atoms with van der Waals surface area (Å²) in [7, 11) is 0. The molecule has 0 unspecified atom stereocenters. The number of aromatic amines is 1. The number of hydrogen-bond acceptors (Lipinski definition) is 5. The number of nitrogens with zero attached hydrogens (tertiary/aromatic N) is 2. The van der Waals surface area contributed by atoms with Gasteiger partial charge in [0.05, 0.1) is 0 Å². The van der Waals surface area contributed by atoms with E-state index in [9.17, 15) is 4.79 Å². The first-order valence-corrected chi connectivity index (χ1v) is 2.56. The maximum Gasteiger partial charge on any atom is 0.349 e. The summed E-state index contributed by atoms with van der Waals surface area (Å²) < 4.78 is 0. The van der Waals surface area contributed by atoms with Crippen molar-refractivity contribution in [3.63, 3.8) is 0 Å². The van der Waals surface area contributed by atoms with Crippen molar-refractivity contribution in [2.75, 3.05) is 5.73 Å². The summed E-state index contributed by atoms with van der Waals surface area (Å²) in [4.78, 5) is 19.4. The number of nitrogens with one attached hydrogen (secondary N) is 1. The molecule has 0 aromatic carbocycles. The molecule has 0 aliphatic heterocycles. The van der Waals surface area contributed by atoms with Crippen LogP contribution in [0.2, 0.25) is 0 Å². The predicted molar refractivity (Wildman–Crippen MR) is 40.2 cm³/mol. The molecule has 4 N–H and O–H groups in total. The van der Waals surface area contributed by atoms with Crippen LogP contribution in [0.4, 0.5) is 5.95 Å². The van der Waals surface area contributed by atoms with Crippen LogP contribution in [0.1, 0.15) is 5.82 Å². The van der Waals surface area contributed by atoms with E-state index >= 15 is 0 Å². The number of hydrogen-bond donors (Lipinski definition) is 3. The van der Waals surface area contributed by atoms with E-state index in [1.165, 1.54) is 0 Å². The van der Waals surface area contributed by atoms with E-state index in [0.717, 1.165) is 0 Å². The average Bonchev–Trinajstić information content (AvgIpc) is 1.85. The van der Waals surface area contributed by atoms with E-state index in [-0.39, 0.29) is 30.8 Å². The Labute approximate surface area is 67.9 Å². The minimum absolute atomic E-state index is 0. The summed E-state index contributed by atoms with van der Waals surface area (Å²) >= 11 is 0. The maximum atomic E-state index is 10.5. The second kappa shape index (κ2) is 3.89. The Hall–Kier alpha value is -1.14. The van der Waals surface area contributed by atoms with Gasteiger partial charge in [0.1, 0.15) is 12.4 Å². The Kier molecular flexibility index (Phi) is 3.49. The van der Waals surface area contributed by atoms with Gasteiger partial charge in [-0.2, -0.15) is 9.97 Å². The Morgan fingerprint density at radius 1 is 1.55 bits per heavy atom. The van der Waals surface area contributed by atoms with Gasteiger partial charge in [-0.3, -0.25) is 4.98 Å². The third-order valence-electron chi connectivity index (χ3n) is 0.867. The Morgan fingerprint density at radius 3 is 2.64 bits per heavy atom. The molecule has 0 atom stereocenters. The predicted octanol–water partition coefficient (Wildman–Crippen LogP) is -1.34. The molecule has 0 fully saturated rings. The minimum Gasteiger partial charge on any atom is -0.388 e. The van der Waals surface area contributed by atoms with Crippen molar-refractivity contribution in [3.8, 4) is 0 Å². The lowest BCUT2D eigenvalue weighted by molar-refractivity contribution is 0.270. The van der Waals surface area contributed by atoms with Crippen LogP contribution in [0, 0.1) is 0 Å². The molecule has 0 saturated carbocycles. The van der Waals surface area contributed by atoms with Crippen LogP contribution in [-0.4, -0.2) is 20.1 Å². The first-order chi connectivity index (χ1) is 4.72. The number of anilines is 1. The molecule has 0 bridgehead atoms. The van der Waals surface area contributed by atoms with Gasteiger partial charge in [0.25, 0.3) is 0 Å². The van der Waals surface area contributed by atoms with Gasteiger partial charge >= 0.3 is 5.69 Å². The Balaban J connectivity index is 0.000001000. The topological polar surface area (TPSA) is 105 Å². The molecule has 1 aromatic heterocycles.